The molecule has 1 spiro atoms. The van der Waals surface area contributed by atoms with Crippen LogP contribution < -0.4 is 5.32 Å². The van der Waals surface area contributed by atoms with Crippen LogP contribution in [0.3, 0.4) is 0 Å². The van der Waals surface area contributed by atoms with Crippen molar-refractivity contribution >= 4 is 5.95 Å². The van der Waals surface area contributed by atoms with Crippen molar-refractivity contribution in [2.24, 2.45) is 0 Å². The van der Waals surface area contributed by atoms with Gasteiger partial charge in [0, 0.05) is 56.6 Å². The highest BCUT2D eigenvalue weighted by molar-refractivity contribution is 5.25. The molecule has 2 aliphatic heterocycles. The maximum atomic E-state index is 6.25. The molecular weight excluding hydrogens is 316 g/mol. The van der Waals surface area contributed by atoms with Gasteiger partial charge in [-0.1, -0.05) is 0 Å². The van der Waals surface area contributed by atoms with E-state index in [1.54, 1.807) is 12.4 Å². The fraction of sp³-hybridized carbons (Fsp3) is 0.611. The first kappa shape index (κ1) is 16.5. The van der Waals surface area contributed by atoms with Crippen molar-refractivity contribution in [3.8, 4) is 0 Å². The third-order valence-electron chi connectivity index (χ3n) is 5.31. The van der Waals surface area contributed by atoms with Gasteiger partial charge in [-0.05, 0) is 38.7 Å². The van der Waals surface area contributed by atoms with Gasteiger partial charge in [-0.3, -0.25) is 4.90 Å². The molecule has 134 valence electrons. The second-order valence-electron chi connectivity index (χ2n) is 7.21. The van der Waals surface area contributed by atoms with Crippen molar-refractivity contribution in [1.29, 1.82) is 0 Å². The molecule has 0 saturated carbocycles. The number of hydrogen-bond donors (Lipinski definition) is 2. The number of rotatable bonds is 4. The van der Waals surface area contributed by atoms with Crippen LogP contribution >= 0.6 is 0 Å². The molecule has 0 unspecified atom stereocenters. The smallest absolute Gasteiger partial charge is 0.222 e. The highest BCUT2D eigenvalue weighted by Gasteiger charge is 2.40. The summed E-state index contributed by atoms with van der Waals surface area (Å²) in [4.78, 5) is 18.7. The normalized spacial score (nSPS) is 23.6. The molecule has 2 aromatic heterocycles. The number of aromatic nitrogens is 4. The van der Waals surface area contributed by atoms with Crippen molar-refractivity contribution in [3.05, 3.63) is 36.2 Å². The summed E-state index contributed by atoms with van der Waals surface area (Å²) in [5.41, 5.74) is 1.20. The van der Waals surface area contributed by atoms with Crippen LogP contribution in [0, 0.1) is 6.92 Å². The Bertz CT molecular complexity index is 680. The predicted octanol–water partition coefficient (Wildman–Crippen LogP) is 2.13. The zero-order chi connectivity index (χ0) is 17.1. The summed E-state index contributed by atoms with van der Waals surface area (Å²) in [5.74, 6) is 1.70. The minimum atomic E-state index is 0.00506. The summed E-state index contributed by atoms with van der Waals surface area (Å²) in [6, 6.07) is 2.23. The number of ether oxygens (including phenoxy) is 1. The van der Waals surface area contributed by atoms with Gasteiger partial charge < -0.3 is 15.0 Å². The third kappa shape index (κ3) is 3.99. The summed E-state index contributed by atoms with van der Waals surface area (Å²) in [6.45, 7) is 5.87. The highest BCUT2D eigenvalue weighted by Crippen LogP contribution is 2.36. The standard InChI is InChI=1S/C18H26N6O/c1-14-21-12-16(22-14)13-24-8-4-18(5-9-24)11-15(3-10-25-18)23-17-19-6-2-7-20-17/h2,6-7,12,15H,3-5,8-11,13H2,1H3,(H,21,22)(H,19,20,23)/t15-/m0/s1. The van der Waals surface area contributed by atoms with E-state index in [4.69, 9.17) is 4.74 Å². The van der Waals surface area contributed by atoms with E-state index in [1.807, 2.05) is 19.2 Å². The minimum Gasteiger partial charge on any atom is -0.375 e. The number of aromatic amines is 1. The van der Waals surface area contributed by atoms with Gasteiger partial charge in [0.15, 0.2) is 0 Å². The van der Waals surface area contributed by atoms with Gasteiger partial charge in [-0.15, -0.1) is 0 Å². The van der Waals surface area contributed by atoms with E-state index in [0.717, 1.165) is 63.7 Å². The monoisotopic (exact) mass is 342 g/mol. The molecular formula is C18H26N6O. The molecule has 7 nitrogen and oxygen atoms in total. The molecule has 4 heterocycles. The van der Waals surface area contributed by atoms with Crippen LogP contribution in [0.1, 0.15) is 37.2 Å². The van der Waals surface area contributed by atoms with Crippen molar-refractivity contribution in [2.75, 3.05) is 25.0 Å². The largest absolute Gasteiger partial charge is 0.375 e. The molecule has 4 rings (SSSR count). The number of nitrogens with zero attached hydrogens (tertiary/aromatic N) is 4. The van der Waals surface area contributed by atoms with E-state index in [0.29, 0.717) is 6.04 Å². The predicted molar refractivity (Wildman–Crippen MR) is 95.2 cm³/mol. The van der Waals surface area contributed by atoms with E-state index in [9.17, 15) is 0 Å². The Morgan fingerprint density at radius 3 is 2.80 bits per heavy atom. The summed E-state index contributed by atoms with van der Waals surface area (Å²) in [5, 5.41) is 3.48. The van der Waals surface area contributed by atoms with Crippen LogP contribution in [-0.2, 0) is 11.3 Å². The molecule has 0 radical (unpaired) electrons. The summed E-state index contributed by atoms with van der Waals surface area (Å²) in [7, 11) is 0. The Morgan fingerprint density at radius 2 is 2.08 bits per heavy atom. The Kier molecular flexibility index (Phi) is 4.67. The van der Waals surface area contributed by atoms with Crippen molar-refractivity contribution < 1.29 is 4.74 Å². The van der Waals surface area contributed by atoms with E-state index in [-0.39, 0.29) is 5.60 Å². The SMILES string of the molecule is Cc1ncc(CN2CCC3(CC2)C[C@@H](Nc2ncccn2)CCO3)[nH]1. The molecule has 7 heteroatoms. The Balaban J connectivity index is 1.32. The van der Waals surface area contributed by atoms with Gasteiger partial charge in [0.05, 0.1) is 5.60 Å². The number of piperidine rings is 1. The number of hydrogen-bond acceptors (Lipinski definition) is 6. The average Bonchev–Trinajstić information content (AvgIpc) is 3.03. The minimum absolute atomic E-state index is 0.00506. The molecule has 2 aromatic rings. The molecule has 1 atom stereocenters. The van der Waals surface area contributed by atoms with Gasteiger partial charge in [-0.2, -0.15) is 0 Å². The quantitative estimate of drug-likeness (QED) is 0.886. The van der Waals surface area contributed by atoms with Gasteiger partial charge in [-0.25, -0.2) is 15.0 Å². The Morgan fingerprint density at radius 1 is 1.28 bits per heavy atom. The first-order valence-electron chi connectivity index (χ1n) is 9.11. The van der Waals surface area contributed by atoms with Crippen LogP contribution in [0.15, 0.2) is 24.7 Å². The van der Waals surface area contributed by atoms with E-state index < -0.39 is 0 Å². The lowest BCUT2D eigenvalue weighted by atomic mass is 9.82. The van der Waals surface area contributed by atoms with Crippen molar-refractivity contribution in [3.63, 3.8) is 0 Å². The summed E-state index contributed by atoms with van der Waals surface area (Å²) < 4.78 is 6.25. The van der Waals surface area contributed by atoms with E-state index in [2.05, 4.69) is 30.2 Å². The van der Waals surface area contributed by atoms with Crippen molar-refractivity contribution in [1.82, 2.24) is 24.8 Å². The van der Waals surface area contributed by atoms with Crippen LogP contribution in [-0.4, -0.2) is 56.2 Å². The van der Waals surface area contributed by atoms with E-state index in [1.165, 1.54) is 5.69 Å². The number of likely N-dealkylation sites (tertiary alicyclic amines) is 1. The topological polar surface area (TPSA) is 79.0 Å². The third-order valence-corrected chi connectivity index (χ3v) is 5.31. The van der Waals surface area contributed by atoms with Crippen LogP contribution in [0.5, 0.6) is 0 Å². The second kappa shape index (κ2) is 7.09. The fourth-order valence-corrected chi connectivity index (χ4v) is 3.97. The lowest BCUT2D eigenvalue weighted by molar-refractivity contribution is -0.115. The molecule has 25 heavy (non-hydrogen) atoms. The number of H-pyrrole nitrogens is 1. The molecule has 0 aromatic carbocycles. The van der Waals surface area contributed by atoms with E-state index >= 15 is 0 Å². The average molecular weight is 342 g/mol. The number of anilines is 1. The summed E-state index contributed by atoms with van der Waals surface area (Å²) in [6.07, 6.45) is 9.69. The molecule has 0 amide bonds. The number of aryl methyl sites for hydroxylation is 1. The molecule has 2 saturated heterocycles. The lowest BCUT2D eigenvalue weighted by Crippen LogP contribution is -2.51. The van der Waals surface area contributed by atoms with Gasteiger partial charge >= 0.3 is 0 Å². The van der Waals surface area contributed by atoms with Gasteiger partial charge in [0.2, 0.25) is 5.95 Å². The first-order chi connectivity index (χ1) is 12.2. The zero-order valence-corrected chi connectivity index (χ0v) is 14.7. The second-order valence-corrected chi connectivity index (χ2v) is 7.21. The molecule has 0 bridgehead atoms. The van der Waals surface area contributed by atoms with Gasteiger partial charge in [0.1, 0.15) is 5.82 Å². The maximum absolute atomic E-state index is 6.25. The maximum Gasteiger partial charge on any atom is 0.222 e. The number of nitrogens with one attached hydrogen (secondary N) is 2. The Hall–Kier alpha value is -1.99. The van der Waals surface area contributed by atoms with Crippen LogP contribution in [0.2, 0.25) is 0 Å². The van der Waals surface area contributed by atoms with Crippen LogP contribution in [0.25, 0.3) is 0 Å². The molecule has 2 fully saturated rings. The fourth-order valence-electron chi connectivity index (χ4n) is 3.97. The lowest BCUT2D eigenvalue weighted by Gasteiger charge is -2.46. The summed E-state index contributed by atoms with van der Waals surface area (Å²) >= 11 is 0. The molecule has 2 N–H and O–H groups in total. The van der Waals surface area contributed by atoms with Crippen LogP contribution in [0.4, 0.5) is 5.95 Å². The van der Waals surface area contributed by atoms with Gasteiger partial charge in [0.25, 0.3) is 0 Å². The molecule has 2 aliphatic rings. The first-order valence-corrected chi connectivity index (χ1v) is 9.11. The molecule has 0 aliphatic carbocycles. The zero-order valence-electron chi connectivity index (χ0n) is 14.7. The number of imidazole rings is 1. The highest BCUT2D eigenvalue weighted by atomic mass is 16.5. The van der Waals surface area contributed by atoms with Crippen molar-refractivity contribution in [2.45, 2.75) is 50.8 Å². The Labute approximate surface area is 148 Å².